The normalized spacial score (nSPS) is 0. The van der Waals surface area contributed by atoms with Crippen LogP contribution in [0.2, 0.25) is 0 Å². The Morgan fingerprint density at radius 2 is 1.20 bits per heavy atom. The summed E-state index contributed by atoms with van der Waals surface area (Å²) in [4.78, 5) is 0. The minimum absolute atomic E-state index is 0. The molecular formula is HCuKLaPdSi. The summed E-state index contributed by atoms with van der Waals surface area (Å²) >= 11 is 0. The third-order valence-corrected chi connectivity index (χ3v) is 0. The maximum Gasteiger partial charge on any atom is 1.00 e. The first-order valence-electron chi connectivity index (χ1n) is 0. The first-order chi connectivity index (χ1) is 0. The van der Waals surface area contributed by atoms with Crippen molar-refractivity contribution in [3.05, 3.63) is 0 Å². The van der Waals surface area contributed by atoms with E-state index in [4.69, 9.17) is 0 Å². The topological polar surface area (TPSA) is 0 Å². The molecule has 0 aliphatic heterocycles. The predicted molar refractivity (Wildman–Crippen MR) is 6.87 cm³/mol. The Kier molecular flexibility index (Phi) is 168. The summed E-state index contributed by atoms with van der Waals surface area (Å²) in [6.07, 6.45) is 0. The molecule has 0 bridgehead atoms. The van der Waals surface area contributed by atoms with Gasteiger partial charge in [-0.15, -0.1) is 0 Å². The molecule has 0 fully saturated rings. The van der Waals surface area contributed by atoms with Gasteiger partial charge in [0.1, 0.15) is 0 Å². The third-order valence-electron chi connectivity index (χ3n) is 0. The molecule has 0 aromatic heterocycles. The summed E-state index contributed by atoms with van der Waals surface area (Å²) in [6, 6.07) is 0. The molecule has 0 spiro atoms. The van der Waals surface area contributed by atoms with Gasteiger partial charge in [-0.25, -0.2) is 0 Å². The van der Waals surface area contributed by atoms with Crippen LogP contribution in [0, 0.1) is 35.6 Å². The van der Waals surface area contributed by atoms with E-state index in [1.54, 1.807) is 0 Å². The van der Waals surface area contributed by atoms with Crippen molar-refractivity contribution in [3.63, 3.8) is 0 Å². The van der Waals surface area contributed by atoms with Crippen molar-refractivity contribution < 1.29 is 126 Å². The van der Waals surface area contributed by atoms with Crippen LogP contribution in [-0.2, 0) is 37.5 Å². The molecular weight excluding hydrogens is 376 g/mol. The van der Waals surface area contributed by atoms with E-state index in [-0.39, 0.29) is 137 Å². The SMILES string of the molecule is [Cu].[H-].[K+].[La].[Pd].[Si]. The molecule has 0 heterocycles. The smallest absolute Gasteiger partial charge is 1.00 e. The van der Waals surface area contributed by atoms with Gasteiger partial charge in [-0.1, -0.05) is 0 Å². The van der Waals surface area contributed by atoms with E-state index < -0.39 is 0 Å². The molecule has 0 saturated heterocycles. The molecule has 5 heavy (non-hydrogen) atoms. The molecule has 0 aliphatic carbocycles. The van der Waals surface area contributed by atoms with Crippen LogP contribution in [0.4, 0.5) is 0 Å². The third kappa shape index (κ3) is 17.9. The second-order valence-electron chi connectivity index (χ2n) is 0. The van der Waals surface area contributed by atoms with Crippen molar-refractivity contribution in [2.24, 2.45) is 0 Å². The van der Waals surface area contributed by atoms with Crippen LogP contribution in [0.1, 0.15) is 1.43 Å². The molecule has 0 aliphatic rings. The van der Waals surface area contributed by atoms with Gasteiger partial charge in [0.2, 0.25) is 0 Å². The van der Waals surface area contributed by atoms with Crippen LogP contribution >= 0.6 is 0 Å². The number of hydrogen-bond donors (Lipinski definition) is 0. The van der Waals surface area contributed by atoms with Crippen molar-refractivity contribution in [2.45, 2.75) is 0 Å². The van der Waals surface area contributed by atoms with Crippen LogP contribution in [-0.4, -0.2) is 11.0 Å². The van der Waals surface area contributed by atoms with Gasteiger partial charge >= 0.3 is 51.4 Å². The Labute approximate surface area is 133 Å². The van der Waals surface area contributed by atoms with E-state index in [1.807, 2.05) is 0 Å². The monoisotopic (exact) mass is 376 g/mol. The van der Waals surface area contributed by atoms with Gasteiger partial charge in [0.25, 0.3) is 0 Å². The molecule has 0 aromatic carbocycles. The Morgan fingerprint density at radius 3 is 1.20 bits per heavy atom. The Morgan fingerprint density at radius 1 is 1.20 bits per heavy atom. The van der Waals surface area contributed by atoms with E-state index in [0.717, 1.165) is 0 Å². The van der Waals surface area contributed by atoms with Gasteiger partial charge in [0.05, 0.1) is 0 Å². The molecule has 0 unspecified atom stereocenters. The molecule has 0 rings (SSSR count). The Balaban J connectivity index is 0. The van der Waals surface area contributed by atoms with Gasteiger partial charge in [-0.2, -0.15) is 0 Å². The second kappa shape index (κ2) is 24.0. The minimum atomic E-state index is 0. The fraction of sp³-hybridized carbons (Fsp3) is 0. The van der Waals surface area contributed by atoms with Crippen molar-refractivity contribution in [2.75, 3.05) is 0 Å². The molecule has 6 radical (unpaired) electrons. The zero-order valence-electron chi connectivity index (χ0n) is 3.70. The quantitative estimate of drug-likeness (QED) is 0.389. The first-order valence-corrected chi connectivity index (χ1v) is 0. The minimum Gasteiger partial charge on any atom is -1.00 e. The zero-order valence-corrected chi connectivity index (χ0v) is 12.9. The standard InChI is InChI=1S/Cu.K.La.Pd.Si.H/q;+1;;;;-1. The van der Waals surface area contributed by atoms with E-state index in [9.17, 15) is 0 Å². The van der Waals surface area contributed by atoms with E-state index in [0.29, 0.717) is 0 Å². The number of rotatable bonds is 0. The predicted octanol–water partition coefficient (Wildman–Crippen LogP) is -3.27. The maximum atomic E-state index is 0. The van der Waals surface area contributed by atoms with E-state index >= 15 is 0 Å². The fourth-order valence-electron chi connectivity index (χ4n) is 0. The van der Waals surface area contributed by atoms with Gasteiger partial charge < -0.3 is 1.43 Å². The summed E-state index contributed by atoms with van der Waals surface area (Å²) < 4.78 is 0. The van der Waals surface area contributed by atoms with Crippen LogP contribution in [0.3, 0.4) is 0 Å². The van der Waals surface area contributed by atoms with Crippen LogP contribution in [0.15, 0.2) is 0 Å². The molecule has 0 amide bonds. The maximum absolute atomic E-state index is 0. The Bertz CT molecular complexity index is 15.5. The largest absolute Gasteiger partial charge is 1.00 e. The van der Waals surface area contributed by atoms with Crippen molar-refractivity contribution >= 4 is 11.0 Å². The Hall–Kier alpha value is 4.23. The molecule has 0 saturated carbocycles. The van der Waals surface area contributed by atoms with Gasteiger partial charge in [0.15, 0.2) is 0 Å². The summed E-state index contributed by atoms with van der Waals surface area (Å²) in [7, 11) is 0. The van der Waals surface area contributed by atoms with Crippen LogP contribution in [0.5, 0.6) is 0 Å². The summed E-state index contributed by atoms with van der Waals surface area (Å²) in [5, 5.41) is 0. The van der Waals surface area contributed by atoms with E-state index in [1.165, 1.54) is 0 Å². The fourth-order valence-corrected chi connectivity index (χ4v) is 0. The summed E-state index contributed by atoms with van der Waals surface area (Å²) in [5.74, 6) is 0. The van der Waals surface area contributed by atoms with Gasteiger partial charge in [-0.3, -0.25) is 0 Å². The average molecular weight is 377 g/mol. The molecule has 5 heteroatoms. The zero-order chi connectivity index (χ0) is 0. The van der Waals surface area contributed by atoms with E-state index in [2.05, 4.69) is 0 Å². The van der Waals surface area contributed by atoms with Crippen molar-refractivity contribution in [1.82, 2.24) is 0 Å². The molecule has 30 valence electrons. The van der Waals surface area contributed by atoms with Crippen LogP contribution in [0.25, 0.3) is 0 Å². The molecule has 0 atom stereocenters. The molecule has 0 N–H and O–H groups in total. The van der Waals surface area contributed by atoms with Crippen LogP contribution < -0.4 is 51.4 Å². The molecule has 0 aromatic rings. The first kappa shape index (κ1) is 34.9. The average Bonchev–Trinajstić information content (AvgIpc) is 0. The second-order valence-corrected chi connectivity index (χ2v) is 0. The van der Waals surface area contributed by atoms with Crippen molar-refractivity contribution in [3.8, 4) is 0 Å². The van der Waals surface area contributed by atoms with Gasteiger partial charge in [0, 0.05) is 84.1 Å². The summed E-state index contributed by atoms with van der Waals surface area (Å²) in [5.41, 5.74) is 0. The number of hydrogen-bond acceptors (Lipinski definition) is 0. The van der Waals surface area contributed by atoms with Crippen molar-refractivity contribution in [1.29, 1.82) is 0 Å². The molecule has 0 nitrogen and oxygen atoms in total. The van der Waals surface area contributed by atoms with Gasteiger partial charge in [-0.05, 0) is 0 Å². The summed E-state index contributed by atoms with van der Waals surface area (Å²) in [6.45, 7) is 0.